The molecule has 0 radical (unpaired) electrons. The minimum absolute atomic E-state index is 0.0813. The van der Waals surface area contributed by atoms with Crippen molar-refractivity contribution in [2.24, 2.45) is 0 Å². The van der Waals surface area contributed by atoms with Crippen LogP contribution >= 0.6 is 22.6 Å². The quantitative estimate of drug-likeness (QED) is 0.215. The molecule has 0 aliphatic heterocycles. The van der Waals surface area contributed by atoms with E-state index in [-0.39, 0.29) is 37.7 Å². The molecule has 8 nitrogen and oxygen atoms in total. The second-order valence-corrected chi connectivity index (χ2v) is 6.99. The maximum atomic E-state index is 14.4. The Bertz CT molecular complexity index is 995. The Morgan fingerprint density at radius 3 is 2.82 bits per heavy atom. The van der Waals surface area contributed by atoms with Crippen LogP contribution in [0.4, 0.5) is 15.8 Å². The smallest absolute Gasteiger partial charge is 0.293 e. The van der Waals surface area contributed by atoms with Crippen molar-refractivity contribution in [3.63, 3.8) is 0 Å². The fourth-order valence-electron chi connectivity index (χ4n) is 2.83. The van der Waals surface area contributed by atoms with E-state index in [1.165, 1.54) is 6.07 Å². The second kappa shape index (κ2) is 9.28. The van der Waals surface area contributed by atoms with Gasteiger partial charge >= 0.3 is 0 Å². The number of hydrogen-bond donors (Lipinski definition) is 4. The Labute approximate surface area is 173 Å². The summed E-state index contributed by atoms with van der Waals surface area (Å²) in [5.74, 6) is -1.08. The van der Waals surface area contributed by atoms with E-state index in [1.54, 1.807) is 35.2 Å². The van der Waals surface area contributed by atoms with Gasteiger partial charge in [-0.15, -0.1) is 0 Å². The molecule has 0 saturated carbocycles. The number of benzene rings is 1. The van der Waals surface area contributed by atoms with E-state index < -0.39 is 11.7 Å². The number of anilines is 2. The van der Waals surface area contributed by atoms with Gasteiger partial charge in [-0.25, -0.2) is 9.87 Å². The molecule has 0 aliphatic carbocycles. The molecule has 1 aromatic carbocycles. The highest BCUT2D eigenvalue weighted by Crippen LogP contribution is 2.34. The van der Waals surface area contributed by atoms with Crippen LogP contribution in [0.15, 0.2) is 36.7 Å². The molecular formula is C18H18FIN4O4. The first-order chi connectivity index (χ1) is 13.6. The summed E-state index contributed by atoms with van der Waals surface area (Å²) in [6.07, 6.45) is 3.12. The third-order valence-electron chi connectivity index (χ3n) is 3.95. The van der Waals surface area contributed by atoms with Crippen LogP contribution < -0.4 is 10.8 Å². The number of nitrogens with zero attached hydrogens (tertiary/aromatic N) is 2. The number of hydrogen-bond acceptors (Lipinski definition) is 6. The normalized spacial score (nSPS) is 11.0. The summed E-state index contributed by atoms with van der Waals surface area (Å²) in [5.41, 5.74) is 3.57. The van der Waals surface area contributed by atoms with Gasteiger partial charge in [0, 0.05) is 27.9 Å². The lowest BCUT2D eigenvalue weighted by atomic mass is 10.2. The van der Waals surface area contributed by atoms with E-state index in [9.17, 15) is 14.3 Å². The molecule has 1 amide bonds. The molecule has 2 heterocycles. The zero-order chi connectivity index (χ0) is 20.1. The summed E-state index contributed by atoms with van der Waals surface area (Å²) < 4.78 is 16.7. The van der Waals surface area contributed by atoms with Gasteiger partial charge in [0.25, 0.3) is 5.91 Å². The van der Waals surface area contributed by atoms with Crippen molar-refractivity contribution in [2.45, 2.75) is 6.54 Å². The third-order valence-corrected chi connectivity index (χ3v) is 4.62. The predicted molar refractivity (Wildman–Crippen MR) is 110 cm³/mol. The van der Waals surface area contributed by atoms with E-state index in [1.807, 2.05) is 22.6 Å². The van der Waals surface area contributed by atoms with Crippen LogP contribution in [0, 0.1) is 9.39 Å². The predicted octanol–water partition coefficient (Wildman–Crippen LogP) is 2.17. The van der Waals surface area contributed by atoms with Crippen LogP contribution in [0.5, 0.6) is 0 Å². The summed E-state index contributed by atoms with van der Waals surface area (Å²) in [6.45, 7) is -0.411. The van der Waals surface area contributed by atoms with Crippen molar-refractivity contribution < 1.29 is 24.2 Å². The zero-order valence-corrected chi connectivity index (χ0v) is 16.8. The first-order valence-corrected chi connectivity index (χ1v) is 9.46. The van der Waals surface area contributed by atoms with E-state index in [2.05, 4.69) is 15.8 Å². The molecule has 10 heteroatoms. The Morgan fingerprint density at radius 2 is 2.11 bits per heavy atom. The molecule has 0 bridgehead atoms. The number of aliphatic hydroxyl groups is 2. The second-order valence-electron chi connectivity index (χ2n) is 5.74. The Morgan fingerprint density at radius 1 is 1.29 bits per heavy atom. The molecule has 0 fully saturated rings. The minimum Gasteiger partial charge on any atom is -0.395 e. The van der Waals surface area contributed by atoms with Crippen molar-refractivity contribution in [1.82, 2.24) is 15.0 Å². The summed E-state index contributed by atoms with van der Waals surface area (Å²) in [7, 11) is 0. The number of halogens is 2. The van der Waals surface area contributed by atoms with Crippen molar-refractivity contribution in [3.8, 4) is 0 Å². The third kappa shape index (κ3) is 4.24. The average Bonchev–Trinajstić information content (AvgIpc) is 2.98. The van der Waals surface area contributed by atoms with E-state index in [0.29, 0.717) is 16.6 Å². The van der Waals surface area contributed by atoms with E-state index in [0.717, 1.165) is 3.57 Å². The van der Waals surface area contributed by atoms with Gasteiger partial charge in [-0.05, 0) is 46.9 Å². The van der Waals surface area contributed by atoms with Gasteiger partial charge in [0.2, 0.25) is 0 Å². The molecule has 0 unspecified atom stereocenters. The summed E-state index contributed by atoms with van der Waals surface area (Å²) in [5, 5.41) is 21.8. The highest BCUT2D eigenvalue weighted by molar-refractivity contribution is 14.1. The fourth-order valence-corrected chi connectivity index (χ4v) is 3.28. The Kier molecular flexibility index (Phi) is 6.78. The van der Waals surface area contributed by atoms with Gasteiger partial charge in [0.05, 0.1) is 36.7 Å². The molecule has 2 aromatic heterocycles. The maximum Gasteiger partial charge on any atom is 0.293 e. The van der Waals surface area contributed by atoms with Crippen LogP contribution in [-0.4, -0.2) is 45.5 Å². The van der Waals surface area contributed by atoms with Crippen LogP contribution in [0.2, 0.25) is 0 Å². The summed E-state index contributed by atoms with van der Waals surface area (Å²) in [6, 6.07) is 6.39. The van der Waals surface area contributed by atoms with E-state index in [4.69, 9.17) is 9.94 Å². The molecule has 3 rings (SSSR count). The molecule has 3 aromatic rings. The van der Waals surface area contributed by atoms with Gasteiger partial charge in [-0.1, -0.05) is 0 Å². The van der Waals surface area contributed by atoms with Crippen molar-refractivity contribution in [3.05, 3.63) is 51.7 Å². The topological polar surface area (TPSA) is 109 Å². The first-order valence-electron chi connectivity index (χ1n) is 8.39. The maximum absolute atomic E-state index is 14.4. The van der Waals surface area contributed by atoms with E-state index >= 15 is 0 Å². The highest BCUT2D eigenvalue weighted by Gasteiger charge is 2.24. The number of amides is 1. The minimum atomic E-state index is -0.605. The van der Waals surface area contributed by atoms with Crippen LogP contribution in [0.25, 0.3) is 10.9 Å². The number of rotatable bonds is 8. The lowest BCUT2D eigenvalue weighted by molar-refractivity contribution is 0.0162. The SMILES string of the molecule is O=C(NOCCO)c1c(Nc2ccc(I)cc2F)c2cnccc2n1CCO. The fraction of sp³-hybridized carbons (Fsp3) is 0.222. The highest BCUT2D eigenvalue weighted by atomic mass is 127. The number of fused-ring (bicyclic) bond motifs is 1. The summed E-state index contributed by atoms with van der Waals surface area (Å²) >= 11 is 2.01. The molecule has 0 atom stereocenters. The molecule has 0 saturated heterocycles. The Balaban J connectivity index is 2.12. The van der Waals surface area contributed by atoms with Gasteiger partial charge in [-0.2, -0.15) is 0 Å². The van der Waals surface area contributed by atoms with Crippen molar-refractivity contribution in [2.75, 3.05) is 25.1 Å². The first kappa shape index (κ1) is 20.5. The molecule has 148 valence electrons. The standard InChI is InChI=1S/C18H18FIN4O4/c19-13-9-11(20)1-2-14(13)22-16-12-10-21-4-3-15(12)24(5-6-25)17(16)18(27)23-28-8-7-26/h1-4,9-10,22,25-26H,5-8H2,(H,23,27). The monoisotopic (exact) mass is 500 g/mol. The largest absolute Gasteiger partial charge is 0.395 e. The Hall–Kier alpha value is -2.28. The number of aliphatic hydroxyl groups excluding tert-OH is 2. The van der Waals surface area contributed by atoms with Crippen LogP contribution in [-0.2, 0) is 11.4 Å². The number of carbonyl (C=O) groups is 1. The average molecular weight is 500 g/mol. The van der Waals surface area contributed by atoms with Crippen LogP contribution in [0.1, 0.15) is 10.5 Å². The molecule has 0 aliphatic rings. The number of pyridine rings is 1. The van der Waals surface area contributed by atoms with Gasteiger partial charge < -0.3 is 20.1 Å². The van der Waals surface area contributed by atoms with Gasteiger partial charge in [-0.3, -0.25) is 14.6 Å². The lowest BCUT2D eigenvalue weighted by Gasteiger charge is -2.13. The van der Waals surface area contributed by atoms with Crippen LogP contribution in [0.3, 0.4) is 0 Å². The van der Waals surface area contributed by atoms with Gasteiger partial charge in [0.1, 0.15) is 11.5 Å². The summed E-state index contributed by atoms with van der Waals surface area (Å²) in [4.78, 5) is 21.8. The molecule has 28 heavy (non-hydrogen) atoms. The number of nitrogens with one attached hydrogen (secondary N) is 2. The molecular weight excluding hydrogens is 482 g/mol. The zero-order valence-electron chi connectivity index (χ0n) is 14.7. The molecule has 0 spiro atoms. The van der Waals surface area contributed by atoms with Crippen molar-refractivity contribution in [1.29, 1.82) is 0 Å². The number of carbonyl (C=O) groups excluding carboxylic acids is 1. The molecule has 4 N–H and O–H groups in total. The lowest BCUT2D eigenvalue weighted by Crippen LogP contribution is -2.28. The number of hydroxylamine groups is 1. The van der Waals surface area contributed by atoms with Gasteiger partial charge in [0.15, 0.2) is 0 Å². The number of aromatic nitrogens is 2. The van der Waals surface area contributed by atoms with Crippen molar-refractivity contribution >= 4 is 50.8 Å².